The highest BCUT2D eigenvalue weighted by Gasteiger charge is 2.22. The predicted octanol–water partition coefficient (Wildman–Crippen LogP) is 14.6. The van der Waals surface area contributed by atoms with Crippen LogP contribution in [0.3, 0.4) is 0 Å². The number of nitrogens with zero attached hydrogens (tertiary/aromatic N) is 2. The van der Waals surface area contributed by atoms with Crippen molar-refractivity contribution in [2.75, 3.05) is 4.90 Å². The molecule has 0 spiro atoms. The smallest absolute Gasteiger partial charge is 0.159 e. The molecule has 0 fully saturated rings. The lowest BCUT2D eigenvalue weighted by molar-refractivity contribution is 0.669. The Balaban J connectivity index is 1.12. The molecule has 55 heavy (non-hydrogen) atoms. The first-order chi connectivity index (χ1) is 27.3. The van der Waals surface area contributed by atoms with E-state index in [1.807, 2.05) is 0 Å². The number of hydrogen-bond acceptors (Lipinski definition) is 2. The van der Waals surface area contributed by atoms with E-state index >= 15 is 0 Å². The SMILES string of the molecule is c1ccc(-c2ccc(N(c3ccccc3)c3cccc4c3oc3cc(-c5ccc6c7ccccc7n(-c7ccccc7)c6c5)c5ccccc5c34)cc2)cc1. The minimum atomic E-state index is 0.857. The Labute approximate surface area is 318 Å². The number of anilines is 3. The largest absolute Gasteiger partial charge is 0.454 e. The van der Waals surface area contributed by atoms with Gasteiger partial charge in [-0.3, -0.25) is 0 Å². The maximum absolute atomic E-state index is 7.05. The third kappa shape index (κ3) is 5.05. The molecule has 0 unspecified atom stereocenters. The van der Waals surface area contributed by atoms with Crippen molar-refractivity contribution in [3.8, 4) is 27.9 Å². The van der Waals surface area contributed by atoms with Gasteiger partial charge in [-0.25, -0.2) is 0 Å². The molecule has 0 radical (unpaired) electrons. The van der Waals surface area contributed by atoms with Crippen molar-refractivity contribution in [3.63, 3.8) is 0 Å². The molecule has 0 saturated carbocycles. The van der Waals surface area contributed by atoms with Gasteiger partial charge in [-0.1, -0.05) is 146 Å². The van der Waals surface area contributed by atoms with Crippen molar-refractivity contribution >= 4 is 71.6 Å². The summed E-state index contributed by atoms with van der Waals surface area (Å²) in [6, 6.07) is 73.6. The van der Waals surface area contributed by atoms with E-state index in [1.54, 1.807) is 0 Å². The van der Waals surface area contributed by atoms with Gasteiger partial charge < -0.3 is 13.9 Å². The Morgan fingerprint density at radius 3 is 1.75 bits per heavy atom. The van der Waals surface area contributed by atoms with E-state index < -0.39 is 0 Å². The third-order valence-electron chi connectivity index (χ3n) is 11.0. The van der Waals surface area contributed by atoms with Crippen LogP contribution in [0.4, 0.5) is 17.1 Å². The van der Waals surface area contributed by atoms with Crippen molar-refractivity contribution < 1.29 is 4.42 Å². The van der Waals surface area contributed by atoms with Crippen LogP contribution in [0.25, 0.3) is 82.5 Å². The first-order valence-corrected chi connectivity index (χ1v) is 18.8. The van der Waals surface area contributed by atoms with E-state index in [2.05, 4.69) is 216 Å². The number of hydrogen-bond donors (Lipinski definition) is 0. The Hall–Kier alpha value is -7.36. The molecule has 11 aromatic rings. The second kappa shape index (κ2) is 12.6. The third-order valence-corrected chi connectivity index (χ3v) is 11.0. The van der Waals surface area contributed by atoms with Crippen LogP contribution in [0.1, 0.15) is 0 Å². The Morgan fingerprint density at radius 2 is 0.964 bits per heavy atom. The minimum absolute atomic E-state index is 0.857. The van der Waals surface area contributed by atoms with Gasteiger partial charge >= 0.3 is 0 Å². The van der Waals surface area contributed by atoms with E-state index in [0.29, 0.717) is 0 Å². The molecule has 11 rings (SSSR count). The number of rotatable bonds is 6. The van der Waals surface area contributed by atoms with E-state index in [9.17, 15) is 0 Å². The average molecular weight is 703 g/mol. The summed E-state index contributed by atoms with van der Waals surface area (Å²) >= 11 is 0. The van der Waals surface area contributed by atoms with Crippen LogP contribution in [-0.2, 0) is 0 Å². The van der Waals surface area contributed by atoms with Gasteiger partial charge in [0, 0.05) is 38.6 Å². The van der Waals surface area contributed by atoms with Crippen LogP contribution >= 0.6 is 0 Å². The molecule has 0 atom stereocenters. The van der Waals surface area contributed by atoms with Crippen molar-refractivity contribution in [1.29, 1.82) is 0 Å². The van der Waals surface area contributed by atoms with Crippen LogP contribution in [-0.4, -0.2) is 4.57 Å². The molecule has 0 bridgehead atoms. The van der Waals surface area contributed by atoms with Gasteiger partial charge in [0.25, 0.3) is 0 Å². The summed E-state index contributed by atoms with van der Waals surface area (Å²) in [6.45, 7) is 0. The monoisotopic (exact) mass is 702 g/mol. The highest BCUT2D eigenvalue weighted by molar-refractivity contribution is 6.24. The van der Waals surface area contributed by atoms with Crippen molar-refractivity contribution in [1.82, 2.24) is 4.57 Å². The maximum atomic E-state index is 7.05. The van der Waals surface area contributed by atoms with Gasteiger partial charge in [-0.15, -0.1) is 0 Å². The van der Waals surface area contributed by atoms with Crippen LogP contribution in [0.15, 0.2) is 211 Å². The van der Waals surface area contributed by atoms with Gasteiger partial charge in [0.05, 0.1) is 16.7 Å². The van der Waals surface area contributed by atoms with E-state index in [-0.39, 0.29) is 0 Å². The summed E-state index contributed by atoms with van der Waals surface area (Å²) in [4.78, 5) is 2.30. The van der Waals surface area contributed by atoms with E-state index in [0.717, 1.165) is 55.8 Å². The predicted molar refractivity (Wildman–Crippen MR) is 231 cm³/mol. The Morgan fingerprint density at radius 1 is 0.382 bits per heavy atom. The molecule has 0 saturated heterocycles. The highest BCUT2D eigenvalue weighted by Crippen LogP contribution is 2.46. The second-order valence-electron chi connectivity index (χ2n) is 14.1. The van der Waals surface area contributed by atoms with E-state index in [1.165, 1.54) is 43.7 Å². The number of furan rings is 1. The first-order valence-electron chi connectivity index (χ1n) is 18.8. The second-order valence-corrected chi connectivity index (χ2v) is 14.1. The number of fused-ring (bicyclic) bond motifs is 8. The molecule has 0 amide bonds. The number of aromatic nitrogens is 1. The van der Waals surface area contributed by atoms with Crippen molar-refractivity contribution in [2.45, 2.75) is 0 Å². The fraction of sp³-hybridized carbons (Fsp3) is 0. The van der Waals surface area contributed by atoms with Crippen molar-refractivity contribution in [3.05, 3.63) is 206 Å². The standard InChI is InChI=1S/C52H34N2O/c1-4-15-35(16-5-1)36-27-30-40(31-28-36)53(38-17-6-2-7-18-38)48-26-14-24-45-51-44-23-11-10-21-41(44)46(34-50(51)55-52(45)48)37-29-32-43-42-22-12-13-25-47(42)54(49(43)33-37)39-19-8-3-9-20-39/h1-34H. The summed E-state index contributed by atoms with van der Waals surface area (Å²) in [5.74, 6) is 0. The molecule has 258 valence electrons. The van der Waals surface area contributed by atoms with Crippen LogP contribution in [0, 0.1) is 0 Å². The lowest BCUT2D eigenvalue weighted by Gasteiger charge is -2.25. The fourth-order valence-electron chi connectivity index (χ4n) is 8.49. The normalized spacial score (nSPS) is 11.6. The summed E-state index contributed by atoms with van der Waals surface area (Å²) in [5, 5.41) is 7.07. The van der Waals surface area contributed by atoms with Gasteiger partial charge in [0.2, 0.25) is 0 Å². The molecular formula is C52H34N2O. The van der Waals surface area contributed by atoms with Crippen molar-refractivity contribution in [2.24, 2.45) is 0 Å². The Kier molecular flexibility index (Phi) is 7.17. The minimum Gasteiger partial charge on any atom is -0.454 e. The van der Waals surface area contributed by atoms with Gasteiger partial charge in [0.1, 0.15) is 5.58 Å². The lowest BCUT2D eigenvalue weighted by atomic mass is 9.94. The van der Waals surface area contributed by atoms with Crippen LogP contribution < -0.4 is 4.90 Å². The maximum Gasteiger partial charge on any atom is 0.159 e. The fourth-order valence-corrected chi connectivity index (χ4v) is 8.49. The molecule has 0 aliphatic rings. The van der Waals surface area contributed by atoms with Crippen LogP contribution in [0.5, 0.6) is 0 Å². The lowest BCUT2D eigenvalue weighted by Crippen LogP contribution is -2.10. The van der Waals surface area contributed by atoms with Gasteiger partial charge in [-0.05, 0) is 93.7 Å². The molecule has 0 aliphatic heterocycles. The van der Waals surface area contributed by atoms with E-state index in [4.69, 9.17) is 4.42 Å². The zero-order chi connectivity index (χ0) is 36.3. The quantitative estimate of drug-likeness (QED) is 0.172. The van der Waals surface area contributed by atoms with Gasteiger partial charge in [0.15, 0.2) is 5.58 Å². The summed E-state index contributed by atoms with van der Waals surface area (Å²) < 4.78 is 9.43. The molecule has 2 aromatic heterocycles. The zero-order valence-corrected chi connectivity index (χ0v) is 29.9. The average Bonchev–Trinajstić information content (AvgIpc) is 3.81. The molecule has 3 nitrogen and oxygen atoms in total. The molecular weight excluding hydrogens is 669 g/mol. The number of benzene rings is 9. The highest BCUT2D eigenvalue weighted by atomic mass is 16.3. The summed E-state index contributed by atoms with van der Waals surface area (Å²) in [5.41, 5.74) is 13.0. The molecule has 3 heteroatoms. The molecule has 9 aromatic carbocycles. The molecule has 0 N–H and O–H groups in total. The molecule has 0 aliphatic carbocycles. The van der Waals surface area contributed by atoms with Crippen LogP contribution in [0.2, 0.25) is 0 Å². The first kappa shape index (κ1) is 31.2. The molecule has 2 heterocycles. The summed E-state index contributed by atoms with van der Waals surface area (Å²) in [7, 11) is 0. The zero-order valence-electron chi connectivity index (χ0n) is 29.9. The number of para-hydroxylation sites is 4. The summed E-state index contributed by atoms with van der Waals surface area (Å²) in [6.07, 6.45) is 0. The topological polar surface area (TPSA) is 21.3 Å². The van der Waals surface area contributed by atoms with Gasteiger partial charge in [-0.2, -0.15) is 0 Å². The Bertz CT molecular complexity index is 3180.